The Balaban J connectivity index is 1.35. The lowest BCUT2D eigenvalue weighted by atomic mass is 10.2. The number of carbonyl (C=O) groups is 1. The lowest BCUT2D eigenvalue weighted by Crippen LogP contribution is -2.31. The predicted molar refractivity (Wildman–Crippen MR) is 107 cm³/mol. The zero-order valence-electron chi connectivity index (χ0n) is 16.9. The highest BCUT2D eigenvalue weighted by molar-refractivity contribution is 5.92. The summed E-state index contributed by atoms with van der Waals surface area (Å²) in [5.41, 5.74) is 1.36. The maximum absolute atomic E-state index is 12.6. The van der Waals surface area contributed by atoms with Crippen LogP contribution in [0.1, 0.15) is 49.5 Å². The molecule has 152 valence electrons. The average molecular weight is 395 g/mol. The van der Waals surface area contributed by atoms with Gasteiger partial charge in [0.1, 0.15) is 17.5 Å². The molecule has 1 aliphatic rings. The van der Waals surface area contributed by atoms with Crippen molar-refractivity contribution < 1.29 is 14.1 Å². The van der Waals surface area contributed by atoms with E-state index in [-0.39, 0.29) is 17.9 Å². The Morgan fingerprint density at radius 2 is 2.07 bits per heavy atom. The third kappa shape index (κ3) is 4.16. The maximum Gasteiger partial charge on any atom is 0.274 e. The first kappa shape index (κ1) is 19.2. The third-order valence-electron chi connectivity index (χ3n) is 4.97. The lowest BCUT2D eigenvalue weighted by molar-refractivity contribution is 0.0765. The fourth-order valence-corrected chi connectivity index (χ4v) is 3.28. The Morgan fingerprint density at radius 1 is 1.28 bits per heavy atom. The Morgan fingerprint density at radius 3 is 2.72 bits per heavy atom. The summed E-state index contributed by atoms with van der Waals surface area (Å²) >= 11 is 0. The molecule has 1 unspecified atom stereocenters. The van der Waals surface area contributed by atoms with Crippen molar-refractivity contribution in [2.24, 2.45) is 0 Å². The standard InChI is InChI=1S/C21H25N5O3/c1-4-26-12-10-18(23-26)21(27)25-11-9-17(13-25)28-16-7-5-15(6-8-16)19-22-20(14(2)3)29-24-19/h5-8,10,12,14,17H,4,9,11,13H2,1-3H3. The van der Waals surface area contributed by atoms with Crippen molar-refractivity contribution in [3.05, 3.63) is 48.1 Å². The monoisotopic (exact) mass is 395 g/mol. The molecule has 0 bridgehead atoms. The highest BCUT2D eigenvalue weighted by atomic mass is 16.5. The minimum atomic E-state index is -0.0447. The van der Waals surface area contributed by atoms with Crippen molar-refractivity contribution in [3.63, 3.8) is 0 Å². The first-order valence-electron chi connectivity index (χ1n) is 9.97. The average Bonchev–Trinajstić information content (AvgIpc) is 3.48. The second kappa shape index (κ2) is 8.06. The van der Waals surface area contributed by atoms with Crippen LogP contribution in [0.15, 0.2) is 41.1 Å². The number of amides is 1. The van der Waals surface area contributed by atoms with Gasteiger partial charge >= 0.3 is 0 Å². The van der Waals surface area contributed by atoms with Gasteiger partial charge in [0.05, 0.1) is 6.54 Å². The van der Waals surface area contributed by atoms with Crippen molar-refractivity contribution in [1.82, 2.24) is 24.8 Å². The quantitative estimate of drug-likeness (QED) is 0.636. The van der Waals surface area contributed by atoms with Crippen LogP contribution in [0.3, 0.4) is 0 Å². The fourth-order valence-electron chi connectivity index (χ4n) is 3.28. The van der Waals surface area contributed by atoms with Gasteiger partial charge in [0, 0.05) is 37.2 Å². The SMILES string of the molecule is CCn1ccc(C(=O)N2CCC(Oc3ccc(-c4noc(C(C)C)n4)cc3)C2)n1. The zero-order chi connectivity index (χ0) is 20.4. The molecule has 29 heavy (non-hydrogen) atoms. The normalized spacial score (nSPS) is 16.6. The molecule has 0 aliphatic carbocycles. The van der Waals surface area contributed by atoms with E-state index in [4.69, 9.17) is 9.26 Å². The molecule has 4 rings (SSSR count). The number of aryl methyl sites for hydroxylation is 1. The van der Waals surface area contributed by atoms with Gasteiger partial charge in [-0.15, -0.1) is 0 Å². The topological polar surface area (TPSA) is 86.3 Å². The lowest BCUT2D eigenvalue weighted by Gasteiger charge is -2.16. The van der Waals surface area contributed by atoms with Crippen LogP contribution in [-0.2, 0) is 6.54 Å². The van der Waals surface area contributed by atoms with Crippen LogP contribution in [0.4, 0.5) is 0 Å². The summed E-state index contributed by atoms with van der Waals surface area (Å²) in [6.45, 7) is 7.99. The molecule has 1 fully saturated rings. The van der Waals surface area contributed by atoms with Crippen LogP contribution in [0, 0.1) is 0 Å². The first-order chi connectivity index (χ1) is 14.0. The van der Waals surface area contributed by atoms with E-state index in [0.717, 1.165) is 24.3 Å². The minimum Gasteiger partial charge on any atom is -0.489 e. The molecule has 0 spiro atoms. The smallest absolute Gasteiger partial charge is 0.274 e. The van der Waals surface area contributed by atoms with Gasteiger partial charge in [0.15, 0.2) is 0 Å². The predicted octanol–water partition coefficient (Wildman–Crippen LogP) is 3.37. The van der Waals surface area contributed by atoms with Gasteiger partial charge in [-0.25, -0.2) is 0 Å². The number of rotatable bonds is 6. The summed E-state index contributed by atoms with van der Waals surface area (Å²) in [5.74, 6) is 2.11. The fraction of sp³-hybridized carbons (Fsp3) is 0.429. The summed E-state index contributed by atoms with van der Waals surface area (Å²) in [5, 5.41) is 8.33. The van der Waals surface area contributed by atoms with E-state index in [1.807, 2.05) is 51.2 Å². The molecule has 2 aromatic heterocycles. The van der Waals surface area contributed by atoms with Crippen molar-refractivity contribution >= 4 is 5.91 Å². The van der Waals surface area contributed by atoms with Gasteiger partial charge in [-0.3, -0.25) is 9.48 Å². The van der Waals surface area contributed by atoms with Crippen molar-refractivity contribution in [2.75, 3.05) is 13.1 Å². The van der Waals surface area contributed by atoms with E-state index >= 15 is 0 Å². The molecule has 1 atom stereocenters. The molecule has 0 N–H and O–H groups in total. The van der Waals surface area contributed by atoms with E-state index in [1.54, 1.807) is 15.6 Å². The summed E-state index contributed by atoms with van der Waals surface area (Å²) in [7, 11) is 0. The van der Waals surface area contributed by atoms with Crippen LogP contribution in [-0.4, -0.2) is 49.9 Å². The Bertz CT molecular complexity index is 976. The van der Waals surface area contributed by atoms with Gasteiger partial charge < -0.3 is 14.2 Å². The summed E-state index contributed by atoms with van der Waals surface area (Å²) < 4.78 is 13.1. The van der Waals surface area contributed by atoms with Crippen LogP contribution in [0.25, 0.3) is 11.4 Å². The van der Waals surface area contributed by atoms with Crippen molar-refractivity contribution in [1.29, 1.82) is 0 Å². The molecule has 1 amide bonds. The van der Waals surface area contributed by atoms with E-state index in [1.165, 1.54) is 0 Å². The summed E-state index contributed by atoms with van der Waals surface area (Å²) in [6.07, 6.45) is 2.59. The van der Waals surface area contributed by atoms with Crippen molar-refractivity contribution in [2.45, 2.75) is 45.8 Å². The number of hydrogen-bond acceptors (Lipinski definition) is 6. The van der Waals surface area contributed by atoms with Crippen LogP contribution in [0.5, 0.6) is 5.75 Å². The molecule has 1 saturated heterocycles. The number of aromatic nitrogens is 4. The number of carbonyl (C=O) groups excluding carboxylic acids is 1. The van der Waals surface area contributed by atoms with E-state index in [0.29, 0.717) is 30.5 Å². The number of benzene rings is 1. The molecule has 1 aliphatic heterocycles. The second-order valence-corrected chi connectivity index (χ2v) is 7.47. The van der Waals surface area contributed by atoms with Gasteiger partial charge in [-0.05, 0) is 37.3 Å². The highest BCUT2D eigenvalue weighted by Gasteiger charge is 2.29. The molecule has 0 saturated carbocycles. The van der Waals surface area contributed by atoms with E-state index in [2.05, 4.69) is 15.2 Å². The van der Waals surface area contributed by atoms with Gasteiger partial charge in [-0.2, -0.15) is 10.1 Å². The largest absolute Gasteiger partial charge is 0.489 e. The molecule has 3 aromatic rings. The summed E-state index contributed by atoms with van der Waals surface area (Å²) in [6, 6.07) is 9.39. The molecule has 8 heteroatoms. The van der Waals surface area contributed by atoms with Gasteiger partial charge in [-0.1, -0.05) is 19.0 Å². The molecule has 0 radical (unpaired) electrons. The van der Waals surface area contributed by atoms with E-state index in [9.17, 15) is 4.79 Å². The van der Waals surface area contributed by atoms with Crippen molar-refractivity contribution in [3.8, 4) is 17.1 Å². The van der Waals surface area contributed by atoms with Gasteiger partial charge in [0.25, 0.3) is 5.91 Å². The molecule has 3 heterocycles. The maximum atomic E-state index is 12.6. The third-order valence-corrected chi connectivity index (χ3v) is 4.97. The minimum absolute atomic E-state index is 0.0317. The van der Waals surface area contributed by atoms with E-state index < -0.39 is 0 Å². The number of ether oxygens (including phenoxy) is 1. The Hall–Kier alpha value is -3.16. The number of hydrogen-bond donors (Lipinski definition) is 0. The van der Waals surface area contributed by atoms with Crippen LogP contribution >= 0.6 is 0 Å². The zero-order valence-corrected chi connectivity index (χ0v) is 16.9. The molecule has 8 nitrogen and oxygen atoms in total. The Labute approximate surface area is 169 Å². The number of likely N-dealkylation sites (tertiary alicyclic amines) is 1. The second-order valence-electron chi connectivity index (χ2n) is 7.47. The molecule has 1 aromatic carbocycles. The van der Waals surface area contributed by atoms with Gasteiger partial charge in [0.2, 0.25) is 11.7 Å². The number of nitrogens with zero attached hydrogens (tertiary/aromatic N) is 5. The highest BCUT2D eigenvalue weighted by Crippen LogP contribution is 2.24. The van der Waals surface area contributed by atoms with Crippen LogP contribution < -0.4 is 4.74 Å². The summed E-state index contributed by atoms with van der Waals surface area (Å²) in [4.78, 5) is 18.8. The Kier molecular flexibility index (Phi) is 5.33. The first-order valence-corrected chi connectivity index (χ1v) is 9.97. The molecular formula is C21H25N5O3. The molecular weight excluding hydrogens is 370 g/mol. The van der Waals surface area contributed by atoms with Crippen LogP contribution in [0.2, 0.25) is 0 Å².